The lowest BCUT2D eigenvalue weighted by Gasteiger charge is -2.39. The molecule has 2 rings (SSSR count). The van der Waals surface area contributed by atoms with Crippen molar-refractivity contribution in [3.63, 3.8) is 0 Å². The van der Waals surface area contributed by atoms with Crippen LogP contribution in [0.15, 0.2) is 18.2 Å². The van der Waals surface area contributed by atoms with Crippen molar-refractivity contribution >= 4 is 5.91 Å². The first kappa shape index (κ1) is 16.0. The Morgan fingerprint density at radius 2 is 2.10 bits per heavy atom. The predicted octanol–water partition coefficient (Wildman–Crippen LogP) is 3.11. The topological polar surface area (TPSA) is 46.3 Å². The van der Waals surface area contributed by atoms with Crippen LogP contribution < -0.4 is 5.73 Å². The lowest BCUT2D eigenvalue weighted by atomic mass is 9.83. The third-order valence-electron chi connectivity index (χ3n) is 4.59. The van der Waals surface area contributed by atoms with E-state index in [0.29, 0.717) is 30.1 Å². The first-order chi connectivity index (χ1) is 10.1. The summed E-state index contributed by atoms with van der Waals surface area (Å²) in [6, 6.07) is 4.91. The van der Waals surface area contributed by atoms with E-state index < -0.39 is 0 Å². The molecule has 1 aliphatic rings. The second-order valence-corrected chi connectivity index (χ2v) is 5.90. The second kappa shape index (κ2) is 7.03. The van der Waals surface area contributed by atoms with Crippen LogP contribution >= 0.6 is 0 Å². The number of carbonyl (C=O) groups is 1. The van der Waals surface area contributed by atoms with Gasteiger partial charge in [0.1, 0.15) is 5.82 Å². The highest BCUT2D eigenvalue weighted by Gasteiger charge is 2.31. The van der Waals surface area contributed by atoms with Crippen LogP contribution in [0.25, 0.3) is 0 Å². The van der Waals surface area contributed by atoms with Crippen LogP contribution in [0, 0.1) is 18.7 Å². The molecule has 0 heterocycles. The number of hydrogen-bond acceptors (Lipinski definition) is 2. The van der Waals surface area contributed by atoms with E-state index in [1.165, 1.54) is 12.5 Å². The first-order valence-corrected chi connectivity index (χ1v) is 7.85. The Hall–Kier alpha value is -1.42. The van der Waals surface area contributed by atoms with E-state index in [1.54, 1.807) is 19.1 Å². The van der Waals surface area contributed by atoms with E-state index in [0.717, 1.165) is 19.3 Å². The number of rotatable bonds is 4. The minimum atomic E-state index is -0.323. The van der Waals surface area contributed by atoms with Gasteiger partial charge in [-0.2, -0.15) is 0 Å². The molecule has 1 aromatic carbocycles. The summed E-state index contributed by atoms with van der Waals surface area (Å²) in [7, 11) is 0. The predicted molar refractivity (Wildman–Crippen MR) is 82.6 cm³/mol. The molecule has 1 saturated carbocycles. The molecule has 0 saturated heterocycles. The molecule has 1 aromatic rings. The van der Waals surface area contributed by atoms with Crippen LogP contribution in [0.1, 0.15) is 48.5 Å². The van der Waals surface area contributed by atoms with Gasteiger partial charge in [0.2, 0.25) is 0 Å². The Morgan fingerprint density at radius 1 is 1.38 bits per heavy atom. The zero-order valence-electron chi connectivity index (χ0n) is 12.9. The molecule has 2 unspecified atom stereocenters. The van der Waals surface area contributed by atoms with Crippen molar-refractivity contribution < 1.29 is 9.18 Å². The first-order valence-electron chi connectivity index (χ1n) is 7.85. The van der Waals surface area contributed by atoms with E-state index in [9.17, 15) is 9.18 Å². The smallest absolute Gasteiger partial charge is 0.254 e. The van der Waals surface area contributed by atoms with E-state index in [-0.39, 0.29) is 17.8 Å². The van der Waals surface area contributed by atoms with E-state index in [1.807, 2.05) is 11.8 Å². The molecule has 0 aromatic heterocycles. The average Bonchev–Trinajstić information content (AvgIpc) is 2.51. The van der Waals surface area contributed by atoms with Crippen molar-refractivity contribution in [2.24, 2.45) is 11.7 Å². The summed E-state index contributed by atoms with van der Waals surface area (Å²) in [5.74, 6) is -0.0457. The molecule has 2 N–H and O–H groups in total. The van der Waals surface area contributed by atoms with Crippen molar-refractivity contribution in [1.82, 2.24) is 4.90 Å². The molecular formula is C17H25FN2O. The third-order valence-corrected chi connectivity index (χ3v) is 4.59. The molecule has 1 amide bonds. The number of aryl methyl sites for hydroxylation is 1. The summed E-state index contributed by atoms with van der Waals surface area (Å²) in [4.78, 5) is 14.6. The van der Waals surface area contributed by atoms with Crippen molar-refractivity contribution in [1.29, 1.82) is 0 Å². The molecule has 2 atom stereocenters. The fourth-order valence-electron chi connectivity index (χ4n) is 3.29. The van der Waals surface area contributed by atoms with Crippen LogP contribution in [0.3, 0.4) is 0 Å². The average molecular weight is 292 g/mol. The van der Waals surface area contributed by atoms with Gasteiger partial charge in [-0.25, -0.2) is 4.39 Å². The maximum absolute atomic E-state index is 13.7. The Morgan fingerprint density at radius 3 is 2.71 bits per heavy atom. The van der Waals surface area contributed by atoms with Crippen molar-refractivity contribution in [3.8, 4) is 0 Å². The second-order valence-electron chi connectivity index (χ2n) is 5.90. The molecule has 3 nitrogen and oxygen atoms in total. The maximum Gasteiger partial charge on any atom is 0.254 e. The summed E-state index contributed by atoms with van der Waals surface area (Å²) in [5.41, 5.74) is 6.86. The van der Waals surface area contributed by atoms with Crippen LogP contribution in [0.2, 0.25) is 0 Å². The zero-order chi connectivity index (χ0) is 15.4. The molecular weight excluding hydrogens is 267 g/mol. The number of nitrogens with two attached hydrogens (primary N) is 1. The van der Waals surface area contributed by atoms with Crippen molar-refractivity contribution in [2.45, 2.75) is 45.6 Å². The number of carbonyl (C=O) groups excluding carboxylic acids is 1. The number of hydrogen-bond donors (Lipinski definition) is 1. The van der Waals surface area contributed by atoms with E-state index in [4.69, 9.17) is 5.73 Å². The van der Waals surface area contributed by atoms with Gasteiger partial charge in [0, 0.05) is 18.2 Å². The molecule has 0 spiro atoms. The van der Waals surface area contributed by atoms with Gasteiger partial charge >= 0.3 is 0 Å². The van der Waals surface area contributed by atoms with Gasteiger partial charge in [0.05, 0.1) is 0 Å². The molecule has 4 heteroatoms. The summed E-state index contributed by atoms with van der Waals surface area (Å²) in [5, 5.41) is 0. The largest absolute Gasteiger partial charge is 0.336 e. The molecule has 0 bridgehead atoms. The molecule has 21 heavy (non-hydrogen) atoms. The number of nitrogens with zero attached hydrogens (tertiary/aromatic N) is 1. The normalized spacial score (nSPS) is 22.1. The van der Waals surface area contributed by atoms with Gasteiger partial charge in [0.15, 0.2) is 0 Å². The molecule has 0 aliphatic heterocycles. The van der Waals surface area contributed by atoms with E-state index in [2.05, 4.69) is 0 Å². The fraction of sp³-hybridized carbons (Fsp3) is 0.588. The van der Waals surface area contributed by atoms with Gasteiger partial charge in [-0.1, -0.05) is 18.9 Å². The van der Waals surface area contributed by atoms with Crippen molar-refractivity contribution in [3.05, 3.63) is 35.1 Å². The molecule has 1 fully saturated rings. The van der Waals surface area contributed by atoms with Gasteiger partial charge < -0.3 is 10.6 Å². The highest BCUT2D eigenvalue weighted by molar-refractivity contribution is 5.94. The lowest BCUT2D eigenvalue weighted by molar-refractivity contribution is 0.0559. The van der Waals surface area contributed by atoms with Gasteiger partial charge in [-0.05, 0) is 56.8 Å². The third kappa shape index (κ3) is 3.43. The van der Waals surface area contributed by atoms with Gasteiger partial charge in [-0.15, -0.1) is 0 Å². The Balaban J connectivity index is 2.22. The fourth-order valence-corrected chi connectivity index (χ4v) is 3.29. The molecule has 1 aliphatic carbocycles. The monoisotopic (exact) mass is 292 g/mol. The van der Waals surface area contributed by atoms with E-state index >= 15 is 0 Å². The highest BCUT2D eigenvalue weighted by Crippen LogP contribution is 2.29. The standard InChI is InChI=1S/C17H25FN2O/c1-3-20(16-7-5-4-6-14(16)11-19)17(21)13-9-8-12(2)15(18)10-13/h8-10,14,16H,3-7,11,19H2,1-2H3. The SMILES string of the molecule is CCN(C(=O)c1ccc(C)c(F)c1)C1CCCCC1CN. The summed E-state index contributed by atoms with van der Waals surface area (Å²) in [6.07, 6.45) is 4.39. The quantitative estimate of drug-likeness (QED) is 0.927. The minimum Gasteiger partial charge on any atom is -0.336 e. The zero-order valence-corrected chi connectivity index (χ0v) is 12.9. The number of halogens is 1. The summed E-state index contributed by atoms with van der Waals surface area (Å²) >= 11 is 0. The van der Waals surface area contributed by atoms with Crippen LogP contribution in [0.4, 0.5) is 4.39 Å². The Labute approximate surface area is 126 Å². The lowest BCUT2D eigenvalue weighted by Crippen LogP contribution is -2.48. The minimum absolute atomic E-state index is 0.0817. The van der Waals surface area contributed by atoms with Gasteiger partial charge in [-0.3, -0.25) is 4.79 Å². The number of benzene rings is 1. The molecule has 0 radical (unpaired) electrons. The van der Waals surface area contributed by atoms with Crippen LogP contribution in [0.5, 0.6) is 0 Å². The Bertz CT molecular complexity index is 504. The van der Waals surface area contributed by atoms with Crippen LogP contribution in [-0.4, -0.2) is 29.9 Å². The van der Waals surface area contributed by atoms with Gasteiger partial charge in [0.25, 0.3) is 5.91 Å². The summed E-state index contributed by atoms with van der Waals surface area (Å²) in [6.45, 7) is 4.92. The van der Waals surface area contributed by atoms with Crippen molar-refractivity contribution in [2.75, 3.05) is 13.1 Å². The van der Waals surface area contributed by atoms with Crippen LogP contribution in [-0.2, 0) is 0 Å². The summed E-state index contributed by atoms with van der Waals surface area (Å²) < 4.78 is 13.7. The number of amides is 1. The maximum atomic E-state index is 13.7. The highest BCUT2D eigenvalue weighted by atomic mass is 19.1. The molecule has 116 valence electrons. The Kier molecular flexibility index (Phi) is 5.34.